The van der Waals surface area contributed by atoms with Crippen molar-refractivity contribution in [1.82, 2.24) is 39.0 Å². The maximum absolute atomic E-state index is 11.4. The molecule has 4 aromatic rings. The molecular weight excluding hydrogens is 354 g/mol. The van der Waals surface area contributed by atoms with Crippen molar-refractivity contribution in [2.75, 3.05) is 5.73 Å². The van der Waals surface area contributed by atoms with Gasteiger partial charge in [-0.1, -0.05) is 13.8 Å². The van der Waals surface area contributed by atoms with E-state index in [1.807, 2.05) is 0 Å². The molecule has 0 radical (unpaired) electrons. The molecule has 27 heavy (non-hydrogen) atoms. The van der Waals surface area contributed by atoms with Crippen molar-refractivity contribution >= 4 is 28.3 Å². The predicted molar refractivity (Wildman–Crippen MR) is 99.4 cm³/mol. The molecule has 0 aliphatic heterocycles. The zero-order valence-corrected chi connectivity index (χ0v) is 15.0. The molecule has 4 heterocycles. The zero-order valence-electron chi connectivity index (χ0n) is 15.0. The predicted octanol–water partition coefficient (Wildman–Crippen LogP) is -0.692. The topological polar surface area (TPSA) is 173 Å². The van der Waals surface area contributed by atoms with Crippen molar-refractivity contribution in [3.05, 3.63) is 43.8 Å². The highest BCUT2D eigenvalue weighted by Gasteiger charge is 2.11. The molecule has 0 aliphatic rings. The Morgan fingerprint density at radius 3 is 2.48 bits per heavy atom. The van der Waals surface area contributed by atoms with E-state index in [0.717, 1.165) is 4.57 Å². The smallest absolute Gasteiger partial charge is 0.329 e. The Labute approximate surface area is 151 Å². The lowest BCUT2D eigenvalue weighted by Gasteiger charge is -2.11. The van der Waals surface area contributed by atoms with E-state index >= 15 is 0 Å². The van der Waals surface area contributed by atoms with Crippen molar-refractivity contribution in [1.29, 1.82) is 0 Å². The van der Waals surface area contributed by atoms with E-state index < -0.39 is 5.69 Å². The summed E-state index contributed by atoms with van der Waals surface area (Å²) in [5.74, 6) is 0.629. The van der Waals surface area contributed by atoms with Crippen molar-refractivity contribution in [2.45, 2.75) is 20.4 Å². The zero-order chi connectivity index (χ0) is 19.7. The molecule has 0 unspecified atom stereocenters. The standard InChI is InChI=1S/C9H13N5O.C6H6N4O2/c1-5(2)3-14-7-6(11-4-12-7)8(15)13-9(14)10;1-10-5(11)3-4(8-2-7-3)9-6(10)12/h4-5H,3H2,1-2H3,(H,11,12)(H2,10,13,15);2H,1H3,(H,7,8)(H,9,12). The minimum Gasteiger partial charge on any atom is -0.369 e. The summed E-state index contributed by atoms with van der Waals surface area (Å²) in [7, 11) is 1.40. The summed E-state index contributed by atoms with van der Waals surface area (Å²) in [4.78, 5) is 53.1. The number of aromatic amines is 3. The molecule has 0 saturated heterocycles. The summed E-state index contributed by atoms with van der Waals surface area (Å²) in [6.45, 7) is 4.83. The monoisotopic (exact) mass is 373 g/mol. The van der Waals surface area contributed by atoms with Crippen LogP contribution in [-0.4, -0.2) is 39.0 Å². The van der Waals surface area contributed by atoms with Crippen molar-refractivity contribution in [3.63, 3.8) is 0 Å². The molecule has 0 aromatic carbocycles. The molecule has 0 spiro atoms. The minimum absolute atomic E-state index is 0.216. The van der Waals surface area contributed by atoms with Crippen LogP contribution in [0.3, 0.4) is 0 Å². The van der Waals surface area contributed by atoms with E-state index in [-0.39, 0.29) is 17.1 Å². The maximum atomic E-state index is 11.4. The average Bonchev–Trinajstić information content (AvgIpc) is 3.26. The summed E-state index contributed by atoms with van der Waals surface area (Å²) in [6.07, 6.45) is 2.84. The largest absolute Gasteiger partial charge is 0.369 e. The highest BCUT2D eigenvalue weighted by molar-refractivity contribution is 5.70. The van der Waals surface area contributed by atoms with E-state index in [4.69, 9.17) is 5.73 Å². The van der Waals surface area contributed by atoms with Gasteiger partial charge in [0.2, 0.25) is 5.95 Å². The van der Waals surface area contributed by atoms with E-state index in [1.165, 1.54) is 19.7 Å². The van der Waals surface area contributed by atoms with Crippen LogP contribution in [0.5, 0.6) is 0 Å². The Hall–Kier alpha value is -3.70. The Bertz CT molecular complexity index is 1270. The van der Waals surface area contributed by atoms with E-state index in [9.17, 15) is 14.4 Å². The van der Waals surface area contributed by atoms with Crippen molar-refractivity contribution in [2.24, 2.45) is 13.0 Å². The Kier molecular flexibility index (Phi) is 4.62. The molecule has 4 rings (SSSR count). The fourth-order valence-corrected chi connectivity index (χ4v) is 2.52. The molecule has 5 N–H and O–H groups in total. The number of fused-ring (bicyclic) bond motifs is 2. The number of rotatable bonds is 2. The van der Waals surface area contributed by atoms with Crippen LogP contribution >= 0.6 is 0 Å². The second kappa shape index (κ2) is 6.90. The van der Waals surface area contributed by atoms with Gasteiger partial charge < -0.3 is 15.7 Å². The first kappa shape index (κ1) is 18.1. The third-order valence-corrected chi connectivity index (χ3v) is 3.82. The van der Waals surface area contributed by atoms with Crippen LogP contribution in [0, 0.1) is 5.92 Å². The average molecular weight is 373 g/mol. The van der Waals surface area contributed by atoms with Gasteiger partial charge in [0.15, 0.2) is 16.8 Å². The van der Waals surface area contributed by atoms with E-state index in [0.29, 0.717) is 34.8 Å². The van der Waals surface area contributed by atoms with E-state index in [2.05, 4.69) is 43.8 Å². The quantitative estimate of drug-likeness (QED) is 0.360. The fourth-order valence-electron chi connectivity index (χ4n) is 2.52. The summed E-state index contributed by atoms with van der Waals surface area (Å²) in [6, 6.07) is 0. The van der Waals surface area contributed by atoms with Gasteiger partial charge in [0.05, 0.1) is 12.7 Å². The first-order valence-electron chi connectivity index (χ1n) is 8.11. The molecule has 4 aromatic heterocycles. The number of nitrogens with two attached hydrogens (primary N) is 1. The number of aromatic nitrogens is 8. The number of hydrogen-bond donors (Lipinski definition) is 4. The molecule has 0 amide bonds. The van der Waals surface area contributed by atoms with Crippen LogP contribution in [0.2, 0.25) is 0 Å². The van der Waals surface area contributed by atoms with Gasteiger partial charge >= 0.3 is 11.2 Å². The number of nitrogens with zero attached hydrogens (tertiary/aromatic N) is 5. The molecule has 0 saturated carbocycles. The van der Waals surface area contributed by atoms with Gasteiger partial charge in [-0.3, -0.25) is 23.7 Å². The third kappa shape index (κ3) is 3.36. The van der Waals surface area contributed by atoms with Gasteiger partial charge in [-0.2, -0.15) is 4.98 Å². The van der Waals surface area contributed by atoms with Gasteiger partial charge in [0, 0.05) is 13.6 Å². The van der Waals surface area contributed by atoms with Gasteiger partial charge in [-0.15, -0.1) is 0 Å². The van der Waals surface area contributed by atoms with Crippen LogP contribution in [0.15, 0.2) is 27.0 Å². The van der Waals surface area contributed by atoms with Gasteiger partial charge in [-0.05, 0) is 5.92 Å². The number of hydrogen-bond acceptors (Lipinski definition) is 7. The molecule has 142 valence electrons. The van der Waals surface area contributed by atoms with Crippen LogP contribution in [0.1, 0.15) is 13.8 Å². The van der Waals surface area contributed by atoms with Crippen molar-refractivity contribution < 1.29 is 0 Å². The molecule has 12 nitrogen and oxygen atoms in total. The fraction of sp³-hybridized carbons (Fsp3) is 0.333. The van der Waals surface area contributed by atoms with Crippen LogP contribution in [0.25, 0.3) is 22.3 Å². The third-order valence-electron chi connectivity index (χ3n) is 3.82. The molecule has 0 aliphatic carbocycles. The normalized spacial score (nSPS) is 11.1. The van der Waals surface area contributed by atoms with Crippen LogP contribution in [0.4, 0.5) is 5.95 Å². The molecular formula is C15H19N9O3. The second-order valence-corrected chi connectivity index (χ2v) is 6.30. The highest BCUT2D eigenvalue weighted by Crippen LogP contribution is 2.10. The second-order valence-electron chi connectivity index (χ2n) is 6.30. The Morgan fingerprint density at radius 1 is 1.11 bits per heavy atom. The Morgan fingerprint density at radius 2 is 1.78 bits per heavy atom. The molecule has 0 fully saturated rings. The SMILES string of the molecule is CC(C)Cn1c(N)nc(=O)c2[nH]cnc21.Cn1c(=O)[nH]c2nc[nH]c2c1=O. The molecule has 0 atom stereocenters. The number of nitrogens with one attached hydrogen (secondary N) is 3. The first-order valence-corrected chi connectivity index (χ1v) is 8.11. The number of anilines is 1. The lowest BCUT2D eigenvalue weighted by Crippen LogP contribution is -2.32. The number of nitrogen functional groups attached to an aromatic ring is 1. The van der Waals surface area contributed by atoms with Gasteiger partial charge in [0.25, 0.3) is 5.56 Å². The summed E-state index contributed by atoms with van der Waals surface area (Å²) >= 11 is 0. The number of imidazole rings is 2. The summed E-state index contributed by atoms with van der Waals surface area (Å²) < 4.78 is 2.73. The molecule has 0 bridgehead atoms. The van der Waals surface area contributed by atoms with Crippen LogP contribution < -0.4 is 22.5 Å². The lowest BCUT2D eigenvalue weighted by molar-refractivity contribution is 0.531. The molecule has 12 heteroatoms. The Balaban J connectivity index is 0.000000159. The first-order chi connectivity index (χ1) is 12.8. The minimum atomic E-state index is -0.459. The van der Waals surface area contributed by atoms with Crippen LogP contribution in [-0.2, 0) is 13.6 Å². The van der Waals surface area contributed by atoms with Crippen molar-refractivity contribution in [3.8, 4) is 0 Å². The van der Waals surface area contributed by atoms with Gasteiger partial charge in [0.1, 0.15) is 5.52 Å². The van der Waals surface area contributed by atoms with E-state index in [1.54, 1.807) is 4.57 Å². The lowest BCUT2D eigenvalue weighted by atomic mass is 10.2. The highest BCUT2D eigenvalue weighted by atomic mass is 16.2. The summed E-state index contributed by atoms with van der Waals surface area (Å²) in [5.41, 5.74) is 6.09. The number of H-pyrrole nitrogens is 3. The summed E-state index contributed by atoms with van der Waals surface area (Å²) in [5, 5.41) is 0. The van der Waals surface area contributed by atoms with Gasteiger partial charge in [-0.25, -0.2) is 14.8 Å². The maximum Gasteiger partial charge on any atom is 0.329 e.